The molecule has 1 aliphatic heterocycles. The highest BCUT2D eigenvalue weighted by Crippen LogP contribution is 2.36. The van der Waals surface area contributed by atoms with Crippen LogP contribution in [0.4, 0.5) is 0 Å². The third kappa shape index (κ3) is 3.29. The van der Waals surface area contributed by atoms with Crippen LogP contribution in [0.3, 0.4) is 0 Å². The maximum atomic E-state index is 12.8. The number of hydrogen-bond acceptors (Lipinski definition) is 8. The van der Waals surface area contributed by atoms with E-state index in [1.165, 1.54) is 11.3 Å². The number of nitrogens with zero attached hydrogens (tertiary/aromatic N) is 2. The molecule has 148 valence electrons. The lowest BCUT2D eigenvalue weighted by atomic mass is 9.92. The van der Waals surface area contributed by atoms with Crippen LogP contribution >= 0.6 is 11.3 Å². The first kappa shape index (κ1) is 18.2. The lowest BCUT2D eigenvalue weighted by Crippen LogP contribution is -2.38. The van der Waals surface area contributed by atoms with E-state index in [2.05, 4.69) is 10.1 Å². The third-order valence-corrected chi connectivity index (χ3v) is 6.06. The number of benzene rings is 1. The normalized spacial score (nSPS) is 16.6. The molecule has 0 radical (unpaired) electrons. The quantitative estimate of drug-likeness (QED) is 0.500. The van der Waals surface area contributed by atoms with Gasteiger partial charge < -0.3 is 14.0 Å². The Balaban J connectivity index is 1.31. The van der Waals surface area contributed by atoms with E-state index in [1.54, 1.807) is 11.4 Å². The van der Waals surface area contributed by atoms with Crippen molar-refractivity contribution in [3.05, 3.63) is 57.5 Å². The second-order valence-corrected chi connectivity index (χ2v) is 7.80. The molecule has 3 aromatic rings. The van der Waals surface area contributed by atoms with Crippen LogP contribution in [0.15, 0.2) is 40.2 Å². The van der Waals surface area contributed by atoms with Crippen molar-refractivity contribution in [1.82, 2.24) is 10.1 Å². The van der Waals surface area contributed by atoms with E-state index in [1.807, 2.05) is 24.3 Å². The van der Waals surface area contributed by atoms with Crippen molar-refractivity contribution in [3.63, 3.8) is 0 Å². The molecule has 0 atom stereocenters. The van der Waals surface area contributed by atoms with Gasteiger partial charge in [-0.2, -0.15) is 0 Å². The summed E-state index contributed by atoms with van der Waals surface area (Å²) >= 11 is 1.26. The lowest BCUT2D eigenvalue weighted by molar-refractivity contribution is 0.0322. The number of thiophene rings is 1. The predicted octanol–water partition coefficient (Wildman–Crippen LogP) is 2.89. The number of carbonyl (C=O) groups is 2. The Morgan fingerprint density at radius 2 is 1.86 bits per heavy atom. The summed E-state index contributed by atoms with van der Waals surface area (Å²) in [6, 6.07) is 8.96. The minimum absolute atomic E-state index is 0.0155. The molecular formula is C21H18N2O5S. The maximum absolute atomic E-state index is 12.8. The third-order valence-electron chi connectivity index (χ3n) is 5.15. The van der Waals surface area contributed by atoms with Crippen molar-refractivity contribution in [2.75, 3.05) is 39.5 Å². The zero-order valence-electron chi connectivity index (χ0n) is 15.6. The molecular weight excluding hydrogens is 392 g/mol. The molecule has 3 heterocycles. The number of carbonyl (C=O) groups excluding carboxylic acids is 2. The van der Waals surface area contributed by atoms with Gasteiger partial charge in [0.15, 0.2) is 0 Å². The summed E-state index contributed by atoms with van der Waals surface area (Å²) < 4.78 is 16.4. The van der Waals surface area contributed by atoms with E-state index < -0.39 is 0 Å². The fourth-order valence-electron chi connectivity index (χ4n) is 3.58. The van der Waals surface area contributed by atoms with Crippen molar-refractivity contribution in [3.8, 4) is 17.0 Å². The number of fused-ring (bicyclic) bond motifs is 2. The average molecular weight is 410 g/mol. The number of rotatable bonds is 5. The molecule has 0 N–H and O–H groups in total. The summed E-state index contributed by atoms with van der Waals surface area (Å²) in [5, 5.41) is 5.75. The van der Waals surface area contributed by atoms with Crippen LogP contribution in [0.25, 0.3) is 11.3 Å². The molecule has 0 saturated carbocycles. The molecule has 2 aliphatic rings. The summed E-state index contributed by atoms with van der Waals surface area (Å²) in [7, 11) is 0. The van der Waals surface area contributed by atoms with Crippen molar-refractivity contribution in [1.29, 1.82) is 0 Å². The van der Waals surface area contributed by atoms with Crippen molar-refractivity contribution in [2.24, 2.45) is 0 Å². The van der Waals surface area contributed by atoms with Crippen molar-refractivity contribution in [2.45, 2.75) is 0 Å². The summed E-state index contributed by atoms with van der Waals surface area (Å²) in [6.07, 6.45) is 0. The van der Waals surface area contributed by atoms with Crippen LogP contribution in [0.1, 0.15) is 31.4 Å². The number of hydrogen-bond donors (Lipinski definition) is 0. The summed E-state index contributed by atoms with van der Waals surface area (Å²) in [5.74, 6) is 0.244. The summed E-state index contributed by atoms with van der Waals surface area (Å²) in [4.78, 5) is 28.1. The number of morpholine rings is 1. The molecule has 1 aliphatic carbocycles. The lowest BCUT2D eigenvalue weighted by Gasteiger charge is -2.26. The smallest absolute Gasteiger partial charge is 0.233 e. The topological polar surface area (TPSA) is 81.9 Å². The van der Waals surface area contributed by atoms with E-state index in [-0.39, 0.29) is 22.9 Å². The van der Waals surface area contributed by atoms with Crippen LogP contribution in [-0.2, 0) is 4.74 Å². The van der Waals surface area contributed by atoms with Crippen LogP contribution in [-0.4, -0.2) is 61.1 Å². The Morgan fingerprint density at radius 1 is 1.07 bits per heavy atom. The Morgan fingerprint density at radius 3 is 2.66 bits per heavy atom. The van der Waals surface area contributed by atoms with Gasteiger partial charge in [-0.25, -0.2) is 0 Å². The molecule has 7 nitrogen and oxygen atoms in total. The minimum Gasteiger partial charge on any atom is -0.492 e. The van der Waals surface area contributed by atoms with Crippen LogP contribution in [0.2, 0.25) is 0 Å². The second-order valence-electron chi connectivity index (χ2n) is 6.88. The Hall–Kier alpha value is -2.81. The number of ketones is 2. The summed E-state index contributed by atoms with van der Waals surface area (Å²) in [5.41, 5.74) is 1.72. The van der Waals surface area contributed by atoms with Gasteiger partial charge in [-0.3, -0.25) is 14.5 Å². The number of aromatic nitrogens is 1. The van der Waals surface area contributed by atoms with Gasteiger partial charge in [-0.05, 0) is 35.7 Å². The van der Waals surface area contributed by atoms with E-state index in [9.17, 15) is 9.59 Å². The van der Waals surface area contributed by atoms with Gasteiger partial charge in [0.25, 0.3) is 0 Å². The van der Waals surface area contributed by atoms with E-state index in [0.29, 0.717) is 28.3 Å². The van der Waals surface area contributed by atoms with Crippen molar-refractivity contribution < 1.29 is 23.6 Å². The molecule has 0 bridgehead atoms. The van der Waals surface area contributed by atoms with Gasteiger partial charge in [-0.15, -0.1) is 11.3 Å². The molecule has 0 unspecified atom stereocenters. The first-order chi connectivity index (χ1) is 14.2. The molecule has 1 aromatic carbocycles. The van der Waals surface area contributed by atoms with Crippen LogP contribution in [0, 0.1) is 0 Å². The zero-order valence-corrected chi connectivity index (χ0v) is 16.4. The Bertz CT molecular complexity index is 1060. The highest BCUT2D eigenvalue weighted by Gasteiger charge is 2.37. The first-order valence-corrected chi connectivity index (χ1v) is 10.3. The fourth-order valence-corrected chi connectivity index (χ4v) is 4.42. The molecule has 1 fully saturated rings. The van der Waals surface area contributed by atoms with Crippen LogP contribution in [0.5, 0.6) is 5.75 Å². The van der Waals surface area contributed by atoms with E-state index in [4.69, 9.17) is 14.0 Å². The molecule has 0 amide bonds. The fraction of sp³-hybridized carbons (Fsp3) is 0.286. The first-order valence-electron chi connectivity index (χ1n) is 9.42. The number of ether oxygens (including phenoxy) is 2. The van der Waals surface area contributed by atoms with Gasteiger partial charge >= 0.3 is 0 Å². The predicted molar refractivity (Wildman–Crippen MR) is 106 cm³/mol. The molecule has 5 rings (SSSR count). The van der Waals surface area contributed by atoms with Crippen LogP contribution < -0.4 is 4.74 Å². The SMILES string of the molecule is O=C1c2ccsc2C(=O)c2c(-c3ccc(OCCN4CCOCC4)cc3)noc21. The van der Waals surface area contributed by atoms with E-state index in [0.717, 1.165) is 38.6 Å². The Kier molecular flexibility index (Phi) is 4.75. The van der Waals surface area contributed by atoms with E-state index >= 15 is 0 Å². The zero-order chi connectivity index (χ0) is 19.8. The minimum atomic E-state index is -0.294. The molecule has 2 aromatic heterocycles. The van der Waals surface area contributed by atoms with Gasteiger partial charge in [0.2, 0.25) is 17.3 Å². The summed E-state index contributed by atoms with van der Waals surface area (Å²) in [6.45, 7) is 4.83. The molecule has 0 spiro atoms. The van der Waals surface area contributed by atoms with Crippen molar-refractivity contribution >= 4 is 22.9 Å². The monoisotopic (exact) mass is 410 g/mol. The van der Waals surface area contributed by atoms with Gasteiger partial charge in [0.05, 0.1) is 18.1 Å². The highest BCUT2D eigenvalue weighted by molar-refractivity contribution is 7.12. The van der Waals surface area contributed by atoms with Gasteiger partial charge in [0.1, 0.15) is 23.6 Å². The molecule has 1 saturated heterocycles. The highest BCUT2D eigenvalue weighted by atomic mass is 32.1. The maximum Gasteiger partial charge on any atom is 0.233 e. The van der Waals surface area contributed by atoms with Gasteiger partial charge in [-0.1, -0.05) is 5.16 Å². The standard InChI is InChI=1S/C21H18N2O5S/c24-18-15-5-12-29-21(15)19(25)16-17(22-28-20(16)18)13-1-3-14(4-2-13)27-11-8-23-6-9-26-10-7-23/h1-5,12H,6-11H2. The molecule has 29 heavy (non-hydrogen) atoms. The largest absolute Gasteiger partial charge is 0.492 e. The Labute approximate surface area is 170 Å². The van der Waals surface area contributed by atoms with Gasteiger partial charge in [0, 0.05) is 30.8 Å². The second kappa shape index (κ2) is 7.55. The molecule has 8 heteroatoms. The average Bonchev–Trinajstić information content (AvgIpc) is 3.42.